The van der Waals surface area contributed by atoms with Gasteiger partial charge in [0.15, 0.2) is 5.78 Å². The molecule has 2 aromatic carbocycles. The van der Waals surface area contributed by atoms with Gasteiger partial charge in [0, 0.05) is 9.13 Å². The number of benzene rings is 2. The van der Waals surface area contributed by atoms with E-state index in [9.17, 15) is 4.79 Å². The van der Waals surface area contributed by atoms with E-state index in [0.717, 1.165) is 16.7 Å². The Morgan fingerprint density at radius 2 is 1.67 bits per heavy atom. The van der Waals surface area contributed by atoms with Crippen molar-refractivity contribution in [2.75, 3.05) is 0 Å². The van der Waals surface area contributed by atoms with E-state index in [4.69, 9.17) is 0 Å². The molecule has 2 aromatic rings. The van der Waals surface area contributed by atoms with Crippen LogP contribution >= 0.6 is 22.6 Å². The smallest absolute Gasteiger partial charge is 0.174 e. The van der Waals surface area contributed by atoms with Crippen molar-refractivity contribution in [3.05, 3.63) is 74.9 Å². The molecule has 0 bridgehead atoms. The minimum atomic E-state index is -0.142. The zero-order valence-electron chi connectivity index (χ0n) is 9.64. The fourth-order valence-corrected chi connectivity index (χ4v) is 2.61. The normalized spacial score (nSPS) is 17.6. The molecule has 18 heavy (non-hydrogen) atoms. The first-order chi connectivity index (χ1) is 8.75. The summed E-state index contributed by atoms with van der Waals surface area (Å²) >= 11 is 2.27. The van der Waals surface area contributed by atoms with Crippen LogP contribution < -0.4 is 0 Å². The summed E-state index contributed by atoms with van der Waals surface area (Å²) in [6.07, 6.45) is 4.03. The van der Waals surface area contributed by atoms with Crippen molar-refractivity contribution in [1.82, 2.24) is 0 Å². The average Bonchev–Trinajstić information content (AvgIpc) is 2.41. The highest BCUT2D eigenvalue weighted by atomic mass is 127. The second-order valence-corrected chi connectivity index (χ2v) is 5.59. The Hall–Kier alpha value is -1.42. The number of halogens is 1. The minimum Gasteiger partial charge on any atom is -0.293 e. The van der Waals surface area contributed by atoms with Gasteiger partial charge in [-0.1, -0.05) is 48.6 Å². The fraction of sp³-hybridized carbons (Fsp3) is 0.0625. The Morgan fingerprint density at radius 3 is 2.44 bits per heavy atom. The number of hydrogen-bond donors (Lipinski definition) is 0. The van der Waals surface area contributed by atoms with Gasteiger partial charge in [0.05, 0.1) is 5.92 Å². The Balaban J connectivity index is 2.03. The lowest BCUT2D eigenvalue weighted by Gasteiger charge is -2.18. The van der Waals surface area contributed by atoms with Crippen molar-refractivity contribution in [3.8, 4) is 0 Å². The zero-order chi connectivity index (χ0) is 12.5. The molecule has 1 atom stereocenters. The molecule has 1 aliphatic rings. The van der Waals surface area contributed by atoms with Gasteiger partial charge in [0.2, 0.25) is 0 Å². The van der Waals surface area contributed by atoms with Crippen LogP contribution in [0.25, 0.3) is 6.08 Å². The van der Waals surface area contributed by atoms with E-state index in [1.165, 1.54) is 3.57 Å². The van der Waals surface area contributed by atoms with Crippen LogP contribution in [0.2, 0.25) is 0 Å². The number of ketones is 1. The van der Waals surface area contributed by atoms with Crippen LogP contribution in [0.3, 0.4) is 0 Å². The van der Waals surface area contributed by atoms with Gasteiger partial charge >= 0.3 is 0 Å². The van der Waals surface area contributed by atoms with Crippen molar-refractivity contribution in [2.24, 2.45) is 0 Å². The molecule has 0 amide bonds. The van der Waals surface area contributed by atoms with E-state index < -0.39 is 0 Å². The maximum Gasteiger partial charge on any atom is 0.174 e. The molecule has 0 heterocycles. The maximum absolute atomic E-state index is 12.4. The van der Waals surface area contributed by atoms with Gasteiger partial charge in [0.25, 0.3) is 0 Å². The summed E-state index contributed by atoms with van der Waals surface area (Å²) in [6.45, 7) is 0. The highest BCUT2D eigenvalue weighted by Crippen LogP contribution is 2.30. The van der Waals surface area contributed by atoms with Gasteiger partial charge in [-0.25, -0.2) is 0 Å². The average molecular weight is 346 g/mol. The van der Waals surface area contributed by atoms with E-state index in [1.54, 1.807) is 0 Å². The second-order valence-electron chi connectivity index (χ2n) is 4.34. The van der Waals surface area contributed by atoms with Crippen LogP contribution in [0.1, 0.15) is 27.4 Å². The molecule has 1 aliphatic carbocycles. The van der Waals surface area contributed by atoms with Gasteiger partial charge in [-0.05, 0) is 45.9 Å². The zero-order valence-corrected chi connectivity index (χ0v) is 11.8. The number of fused-ring (bicyclic) bond motifs is 1. The lowest BCUT2D eigenvalue weighted by Crippen LogP contribution is -2.15. The minimum absolute atomic E-state index is 0.142. The van der Waals surface area contributed by atoms with Crippen molar-refractivity contribution in [2.45, 2.75) is 5.92 Å². The van der Waals surface area contributed by atoms with Crippen LogP contribution in [0.5, 0.6) is 0 Å². The molecule has 0 saturated carbocycles. The lowest BCUT2D eigenvalue weighted by molar-refractivity contribution is 0.0975. The van der Waals surface area contributed by atoms with Crippen molar-refractivity contribution >= 4 is 34.5 Å². The molecule has 1 nitrogen and oxygen atoms in total. The Bertz CT molecular complexity index is 626. The molecule has 1 unspecified atom stereocenters. The van der Waals surface area contributed by atoms with Crippen LogP contribution in [-0.2, 0) is 0 Å². The molecule has 3 rings (SSSR count). The van der Waals surface area contributed by atoms with E-state index >= 15 is 0 Å². The predicted octanol–water partition coefficient (Wildman–Crippen LogP) is 4.28. The van der Waals surface area contributed by atoms with E-state index in [-0.39, 0.29) is 11.7 Å². The van der Waals surface area contributed by atoms with E-state index in [2.05, 4.69) is 22.6 Å². The first kappa shape index (κ1) is 11.7. The molecule has 0 saturated heterocycles. The molecule has 0 aliphatic heterocycles. The number of Topliss-reactive ketones (excluding diaryl/α,β-unsaturated/α-hetero) is 1. The maximum atomic E-state index is 12.4. The number of hydrogen-bond acceptors (Lipinski definition) is 1. The largest absolute Gasteiger partial charge is 0.293 e. The monoisotopic (exact) mass is 346 g/mol. The van der Waals surface area contributed by atoms with Crippen LogP contribution in [0, 0.1) is 3.57 Å². The molecular formula is C16H11IO. The highest BCUT2D eigenvalue weighted by molar-refractivity contribution is 14.1. The number of carbonyl (C=O) groups is 1. The molecule has 2 heteroatoms. The Labute approximate surface area is 120 Å². The first-order valence-electron chi connectivity index (χ1n) is 5.82. The standard InChI is InChI=1S/C16H11IO/c17-13-8-5-12(6-9-13)15-10-7-11-3-1-2-4-14(11)16(15)18/h1-10,15H. The van der Waals surface area contributed by atoms with Gasteiger partial charge in [-0.2, -0.15) is 0 Å². The van der Waals surface area contributed by atoms with Crippen LogP contribution in [0.4, 0.5) is 0 Å². The van der Waals surface area contributed by atoms with E-state index in [0.29, 0.717) is 0 Å². The van der Waals surface area contributed by atoms with Gasteiger partial charge in [0.1, 0.15) is 0 Å². The summed E-state index contributed by atoms with van der Waals surface area (Å²) < 4.78 is 1.18. The van der Waals surface area contributed by atoms with Gasteiger partial charge < -0.3 is 0 Å². The van der Waals surface area contributed by atoms with Crippen LogP contribution in [-0.4, -0.2) is 5.78 Å². The third kappa shape index (κ3) is 2.01. The fourth-order valence-electron chi connectivity index (χ4n) is 2.25. The van der Waals surface area contributed by atoms with Crippen molar-refractivity contribution in [1.29, 1.82) is 0 Å². The van der Waals surface area contributed by atoms with Crippen LogP contribution in [0.15, 0.2) is 54.6 Å². The van der Waals surface area contributed by atoms with Gasteiger partial charge in [-0.3, -0.25) is 4.79 Å². The molecule has 0 aromatic heterocycles. The first-order valence-corrected chi connectivity index (χ1v) is 6.90. The van der Waals surface area contributed by atoms with Gasteiger partial charge in [-0.15, -0.1) is 0 Å². The summed E-state index contributed by atoms with van der Waals surface area (Å²) in [5.41, 5.74) is 2.90. The van der Waals surface area contributed by atoms with Crippen molar-refractivity contribution < 1.29 is 4.79 Å². The number of rotatable bonds is 1. The molecule has 0 N–H and O–H groups in total. The number of allylic oxidation sites excluding steroid dienone is 1. The molecule has 0 fully saturated rings. The summed E-state index contributed by atoms with van der Waals surface area (Å²) in [4.78, 5) is 12.4. The predicted molar refractivity (Wildman–Crippen MR) is 81.7 cm³/mol. The lowest BCUT2D eigenvalue weighted by atomic mass is 9.84. The Morgan fingerprint density at radius 1 is 0.944 bits per heavy atom. The SMILES string of the molecule is O=C1c2ccccc2C=CC1c1ccc(I)cc1. The Kier molecular flexibility index (Phi) is 3.04. The number of carbonyl (C=O) groups excluding carboxylic acids is 1. The van der Waals surface area contributed by atoms with Crippen molar-refractivity contribution in [3.63, 3.8) is 0 Å². The molecular weight excluding hydrogens is 335 g/mol. The summed E-state index contributed by atoms with van der Waals surface area (Å²) in [5.74, 6) is 0.0474. The third-order valence-corrected chi connectivity index (χ3v) is 3.93. The summed E-state index contributed by atoms with van der Waals surface area (Å²) in [7, 11) is 0. The summed E-state index contributed by atoms with van der Waals surface area (Å²) in [5, 5.41) is 0. The molecule has 88 valence electrons. The summed E-state index contributed by atoms with van der Waals surface area (Å²) in [6, 6.07) is 15.9. The van der Waals surface area contributed by atoms with E-state index in [1.807, 2.05) is 60.7 Å². The third-order valence-electron chi connectivity index (χ3n) is 3.21. The molecule has 0 radical (unpaired) electrons. The second kappa shape index (κ2) is 4.69. The molecule has 0 spiro atoms. The highest BCUT2D eigenvalue weighted by Gasteiger charge is 2.24. The topological polar surface area (TPSA) is 17.1 Å². The quantitative estimate of drug-likeness (QED) is 0.705.